The summed E-state index contributed by atoms with van der Waals surface area (Å²) in [6.07, 6.45) is 5.43. The van der Waals surface area contributed by atoms with Gasteiger partial charge in [0, 0.05) is 36.8 Å². The molecule has 2 aliphatic heterocycles. The lowest BCUT2D eigenvalue weighted by Crippen LogP contribution is -2.39. The molecule has 1 aromatic carbocycles. The lowest BCUT2D eigenvalue weighted by molar-refractivity contribution is 0.0750. The number of likely N-dealkylation sites (tertiary alicyclic amines) is 1. The summed E-state index contributed by atoms with van der Waals surface area (Å²) in [7, 11) is 0. The molecule has 2 bridgehead atoms. The largest absolute Gasteiger partial charge is 0.361 e. The third kappa shape index (κ3) is 1.91. The summed E-state index contributed by atoms with van der Waals surface area (Å²) in [5.41, 5.74) is 1.75. The Hall–Kier alpha value is -1.81. The topological polar surface area (TPSA) is 48.1 Å². The molecule has 104 valence electrons. The van der Waals surface area contributed by atoms with Crippen LogP contribution in [0.3, 0.4) is 0 Å². The number of nitrogens with zero attached hydrogens (tertiary/aromatic N) is 1. The molecule has 0 saturated carbocycles. The molecular formula is C16H19N3O. The number of aromatic amines is 1. The van der Waals surface area contributed by atoms with Crippen LogP contribution in [-0.4, -0.2) is 41.0 Å². The number of aromatic nitrogens is 1. The van der Waals surface area contributed by atoms with Crippen LogP contribution in [0, 0.1) is 0 Å². The van der Waals surface area contributed by atoms with E-state index in [1.165, 1.54) is 12.8 Å². The Balaban J connectivity index is 1.65. The predicted octanol–water partition coefficient (Wildman–Crippen LogP) is 2.13. The Morgan fingerprint density at radius 1 is 1.15 bits per heavy atom. The monoisotopic (exact) mass is 269 g/mol. The van der Waals surface area contributed by atoms with Crippen molar-refractivity contribution >= 4 is 16.8 Å². The number of hydrogen-bond acceptors (Lipinski definition) is 2. The molecule has 1 aromatic heterocycles. The molecule has 0 aliphatic carbocycles. The van der Waals surface area contributed by atoms with Gasteiger partial charge >= 0.3 is 0 Å². The Kier molecular flexibility index (Phi) is 2.77. The summed E-state index contributed by atoms with van der Waals surface area (Å²) >= 11 is 0. The van der Waals surface area contributed by atoms with Gasteiger partial charge in [0.1, 0.15) is 0 Å². The molecule has 20 heavy (non-hydrogen) atoms. The molecule has 2 fully saturated rings. The van der Waals surface area contributed by atoms with Crippen LogP contribution in [0.2, 0.25) is 0 Å². The van der Waals surface area contributed by atoms with Crippen molar-refractivity contribution in [1.82, 2.24) is 15.2 Å². The van der Waals surface area contributed by atoms with Crippen LogP contribution in [0.1, 0.15) is 29.6 Å². The number of para-hydroxylation sites is 1. The molecule has 4 rings (SSSR count). The number of fused-ring (bicyclic) bond motifs is 3. The zero-order chi connectivity index (χ0) is 13.5. The van der Waals surface area contributed by atoms with E-state index in [9.17, 15) is 4.79 Å². The van der Waals surface area contributed by atoms with Gasteiger partial charge in [0.15, 0.2) is 0 Å². The van der Waals surface area contributed by atoms with E-state index in [-0.39, 0.29) is 5.91 Å². The van der Waals surface area contributed by atoms with Crippen LogP contribution in [0.4, 0.5) is 0 Å². The van der Waals surface area contributed by atoms with Crippen LogP contribution in [0.15, 0.2) is 30.5 Å². The Labute approximate surface area is 118 Å². The van der Waals surface area contributed by atoms with Crippen molar-refractivity contribution in [3.05, 3.63) is 36.0 Å². The second-order valence-electron chi connectivity index (χ2n) is 5.93. The number of amides is 1. The highest BCUT2D eigenvalue weighted by Crippen LogP contribution is 2.23. The molecule has 4 heteroatoms. The Morgan fingerprint density at radius 2 is 2.05 bits per heavy atom. The fraction of sp³-hybridized carbons (Fsp3) is 0.438. The minimum absolute atomic E-state index is 0.160. The van der Waals surface area contributed by atoms with Crippen molar-refractivity contribution in [2.24, 2.45) is 0 Å². The van der Waals surface area contributed by atoms with Gasteiger partial charge in [-0.15, -0.1) is 0 Å². The van der Waals surface area contributed by atoms with Crippen molar-refractivity contribution in [2.75, 3.05) is 13.1 Å². The Bertz CT molecular complexity index is 648. The van der Waals surface area contributed by atoms with Crippen molar-refractivity contribution in [1.29, 1.82) is 0 Å². The van der Waals surface area contributed by atoms with Gasteiger partial charge in [-0.1, -0.05) is 12.1 Å². The predicted molar refractivity (Wildman–Crippen MR) is 78.8 cm³/mol. The minimum atomic E-state index is 0.160. The molecule has 3 heterocycles. The maximum Gasteiger partial charge on any atom is 0.256 e. The third-order valence-electron chi connectivity index (χ3n) is 4.63. The van der Waals surface area contributed by atoms with Crippen LogP contribution in [0.25, 0.3) is 10.9 Å². The van der Waals surface area contributed by atoms with Crippen LogP contribution in [0.5, 0.6) is 0 Å². The standard InChI is InChI=1S/C16H19N3O/c20-16(14-3-1-2-11-6-8-17-15(11)14)19-9-7-12-4-5-13(10-19)18-12/h1-3,6,8,12-13,17-18H,4-5,7,9-10H2. The number of H-pyrrole nitrogens is 1. The molecule has 0 radical (unpaired) electrons. The van der Waals surface area contributed by atoms with E-state index >= 15 is 0 Å². The van der Waals surface area contributed by atoms with Crippen molar-refractivity contribution in [2.45, 2.75) is 31.3 Å². The smallest absolute Gasteiger partial charge is 0.256 e. The van der Waals surface area contributed by atoms with E-state index in [1.54, 1.807) is 0 Å². The quantitative estimate of drug-likeness (QED) is 0.833. The number of hydrogen-bond donors (Lipinski definition) is 2. The first-order chi connectivity index (χ1) is 9.81. The van der Waals surface area contributed by atoms with Gasteiger partial charge in [0.2, 0.25) is 0 Å². The highest BCUT2D eigenvalue weighted by atomic mass is 16.2. The molecular weight excluding hydrogens is 250 g/mol. The summed E-state index contributed by atoms with van der Waals surface area (Å²) in [5.74, 6) is 0.160. The third-order valence-corrected chi connectivity index (χ3v) is 4.63. The maximum atomic E-state index is 12.8. The molecule has 2 aliphatic rings. The van der Waals surface area contributed by atoms with E-state index in [0.29, 0.717) is 12.1 Å². The van der Waals surface area contributed by atoms with Gasteiger partial charge in [-0.2, -0.15) is 0 Å². The van der Waals surface area contributed by atoms with Crippen molar-refractivity contribution in [3.8, 4) is 0 Å². The number of benzene rings is 1. The first-order valence-electron chi connectivity index (χ1n) is 7.43. The molecule has 2 unspecified atom stereocenters. The SMILES string of the molecule is O=C(c1cccc2cc[nH]c12)N1CCC2CCC(C1)N2. The van der Waals surface area contributed by atoms with E-state index in [2.05, 4.69) is 10.3 Å². The van der Waals surface area contributed by atoms with E-state index in [0.717, 1.165) is 36.0 Å². The number of carbonyl (C=O) groups excluding carboxylic acids is 1. The first-order valence-corrected chi connectivity index (χ1v) is 7.43. The second kappa shape index (κ2) is 4.63. The number of rotatable bonds is 1. The fourth-order valence-corrected chi connectivity index (χ4v) is 3.56. The van der Waals surface area contributed by atoms with Crippen LogP contribution < -0.4 is 5.32 Å². The van der Waals surface area contributed by atoms with Crippen molar-refractivity contribution in [3.63, 3.8) is 0 Å². The van der Waals surface area contributed by atoms with Crippen LogP contribution >= 0.6 is 0 Å². The average Bonchev–Trinajstić information content (AvgIpc) is 3.04. The van der Waals surface area contributed by atoms with Gasteiger partial charge in [-0.3, -0.25) is 4.79 Å². The van der Waals surface area contributed by atoms with Gasteiger partial charge < -0.3 is 15.2 Å². The normalized spacial score (nSPS) is 25.9. The van der Waals surface area contributed by atoms with Crippen LogP contribution in [-0.2, 0) is 0 Å². The van der Waals surface area contributed by atoms with E-state index in [4.69, 9.17) is 0 Å². The van der Waals surface area contributed by atoms with Gasteiger partial charge in [0.05, 0.1) is 11.1 Å². The Morgan fingerprint density at radius 3 is 3.00 bits per heavy atom. The minimum Gasteiger partial charge on any atom is -0.361 e. The summed E-state index contributed by atoms with van der Waals surface area (Å²) < 4.78 is 0. The lowest BCUT2D eigenvalue weighted by Gasteiger charge is -2.24. The van der Waals surface area contributed by atoms with Gasteiger partial charge in [-0.25, -0.2) is 0 Å². The molecule has 2 aromatic rings. The molecule has 0 spiro atoms. The second-order valence-corrected chi connectivity index (χ2v) is 5.93. The van der Waals surface area contributed by atoms with Gasteiger partial charge in [-0.05, 0) is 31.4 Å². The summed E-state index contributed by atoms with van der Waals surface area (Å²) in [4.78, 5) is 18.0. The first kappa shape index (κ1) is 12.0. The zero-order valence-electron chi connectivity index (χ0n) is 11.4. The molecule has 2 saturated heterocycles. The maximum absolute atomic E-state index is 12.8. The summed E-state index contributed by atoms with van der Waals surface area (Å²) in [6.45, 7) is 1.70. The number of nitrogens with one attached hydrogen (secondary N) is 2. The molecule has 1 amide bonds. The highest BCUT2D eigenvalue weighted by Gasteiger charge is 2.31. The average molecular weight is 269 g/mol. The van der Waals surface area contributed by atoms with E-state index in [1.807, 2.05) is 35.4 Å². The summed E-state index contributed by atoms with van der Waals surface area (Å²) in [6, 6.07) is 9.03. The molecule has 4 nitrogen and oxygen atoms in total. The highest BCUT2D eigenvalue weighted by molar-refractivity contribution is 6.05. The molecule has 2 N–H and O–H groups in total. The van der Waals surface area contributed by atoms with E-state index < -0.39 is 0 Å². The lowest BCUT2D eigenvalue weighted by atomic mass is 10.1. The molecule has 2 atom stereocenters. The summed E-state index contributed by atoms with van der Waals surface area (Å²) in [5, 5.41) is 4.72. The van der Waals surface area contributed by atoms with Gasteiger partial charge in [0.25, 0.3) is 5.91 Å². The van der Waals surface area contributed by atoms with Crippen molar-refractivity contribution < 1.29 is 4.79 Å². The fourth-order valence-electron chi connectivity index (χ4n) is 3.56. The number of carbonyl (C=O) groups is 1. The zero-order valence-corrected chi connectivity index (χ0v) is 11.4.